The van der Waals surface area contributed by atoms with Crippen LogP contribution in [0.2, 0.25) is 3.33 Å². The molecule has 0 aliphatic heterocycles. The Bertz CT molecular complexity index is 164. The summed E-state index contributed by atoms with van der Waals surface area (Å²) < 4.78 is 2.17. The zero-order valence-corrected chi connectivity index (χ0v) is 9.83. The number of hydrogen-bond acceptors (Lipinski definition) is 2. The third-order valence-electron chi connectivity index (χ3n) is 0.667. The molecule has 0 aromatic rings. The van der Waals surface area contributed by atoms with E-state index in [4.69, 9.17) is 10.2 Å². The van der Waals surface area contributed by atoms with Gasteiger partial charge >= 0.3 is 49.0 Å². The third kappa shape index (κ3) is 9.87. The Labute approximate surface area is 86.9 Å². The number of rotatable bonds is 3. The fourth-order valence-electron chi connectivity index (χ4n) is 0.258. The van der Waals surface area contributed by atoms with E-state index >= 15 is 0 Å². The van der Waals surface area contributed by atoms with Crippen molar-refractivity contribution in [2.75, 3.05) is 0 Å². The molecular formula is C6H9LaO4. The molecule has 0 unspecified atom stereocenters. The molecule has 0 saturated heterocycles. The number of carboxylic acids is 2. The van der Waals surface area contributed by atoms with Crippen molar-refractivity contribution in [1.29, 1.82) is 0 Å². The van der Waals surface area contributed by atoms with E-state index in [1.807, 2.05) is 0 Å². The summed E-state index contributed by atoms with van der Waals surface area (Å²) in [6.07, 6.45) is -0.505. The van der Waals surface area contributed by atoms with E-state index in [2.05, 4.69) is 9.91 Å². The van der Waals surface area contributed by atoms with E-state index in [9.17, 15) is 9.59 Å². The van der Waals surface area contributed by atoms with Gasteiger partial charge in [0, 0.05) is 5.57 Å². The number of carboxylic acid groups (broad SMARTS) is 2. The van der Waals surface area contributed by atoms with Crippen molar-refractivity contribution in [1.82, 2.24) is 0 Å². The van der Waals surface area contributed by atoms with Crippen LogP contribution in [0, 0.1) is 33.7 Å². The topological polar surface area (TPSA) is 74.6 Å². The summed E-state index contributed by atoms with van der Waals surface area (Å²) in [5.74, 6) is -2.44. The molecule has 0 aliphatic carbocycles. The molecule has 60 valence electrons. The van der Waals surface area contributed by atoms with Gasteiger partial charge in [-0.25, -0.2) is 4.79 Å². The molecular weight excluding hydrogens is 275 g/mol. The van der Waals surface area contributed by atoms with E-state index in [0.717, 1.165) is 0 Å². The average molecular weight is 284 g/mol. The van der Waals surface area contributed by atoms with Gasteiger partial charge in [-0.2, -0.15) is 0 Å². The maximum absolute atomic E-state index is 9.87. The quantitative estimate of drug-likeness (QED) is 0.748. The van der Waals surface area contributed by atoms with E-state index < -0.39 is 18.4 Å². The molecule has 0 aromatic carbocycles. The van der Waals surface area contributed by atoms with Gasteiger partial charge in [-0.1, -0.05) is 6.58 Å². The van der Waals surface area contributed by atoms with Crippen LogP contribution in [0.4, 0.5) is 0 Å². The molecule has 4 nitrogen and oxygen atoms in total. The molecule has 0 radical (unpaired) electrons. The Morgan fingerprint density at radius 3 is 1.82 bits per heavy atom. The number of hydrogen-bond donors (Lipinski definition) is 2. The Hall–Kier alpha value is -0.125. The minimum atomic E-state index is -1.27. The standard InChI is InChI=1S/C5H6O4.CH3.La/c1-3(5(8)9)2-4(6)7;;/h1-2H2,(H,6,7)(H,8,9);1H3;. The van der Waals surface area contributed by atoms with Gasteiger partial charge in [0.05, 0.1) is 6.42 Å². The molecule has 2 N–H and O–H groups in total. The summed E-state index contributed by atoms with van der Waals surface area (Å²) >= 11 is 1.17. The van der Waals surface area contributed by atoms with Crippen molar-refractivity contribution in [3.8, 4) is 0 Å². The van der Waals surface area contributed by atoms with Gasteiger partial charge in [-0.05, 0) is 0 Å². The van der Waals surface area contributed by atoms with Crippen LogP contribution in [0.1, 0.15) is 6.42 Å². The fourth-order valence-corrected chi connectivity index (χ4v) is 0.258. The summed E-state index contributed by atoms with van der Waals surface area (Å²) in [7, 11) is 0. The van der Waals surface area contributed by atoms with Crippen molar-refractivity contribution < 1.29 is 53.5 Å². The first-order valence-electron chi connectivity index (χ1n) is 2.74. The molecule has 0 amide bonds. The Morgan fingerprint density at radius 2 is 1.73 bits per heavy atom. The molecule has 0 aromatic heterocycles. The normalized spacial score (nSPS) is 7.27. The third-order valence-corrected chi connectivity index (χ3v) is 0.667. The summed E-state index contributed by atoms with van der Waals surface area (Å²) in [6.45, 7) is 3.01. The molecule has 0 bridgehead atoms. The predicted octanol–water partition coefficient (Wildman–Crippen LogP) is 0.686. The average Bonchev–Trinajstić information content (AvgIpc) is 1.90. The van der Waals surface area contributed by atoms with Crippen LogP contribution in [0.25, 0.3) is 0 Å². The molecule has 5 heteroatoms. The van der Waals surface area contributed by atoms with Crippen LogP contribution in [-0.2, 0) is 9.59 Å². The molecule has 0 heterocycles. The first kappa shape index (κ1) is 13.5. The molecule has 0 fully saturated rings. The second-order valence-corrected chi connectivity index (χ2v) is 1.48. The molecule has 0 saturated carbocycles. The monoisotopic (exact) mass is 284 g/mol. The number of carbonyl (C=O) groups is 2. The molecule has 0 atom stereocenters. The van der Waals surface area contributed by atoms with E-state index in [1.165, 1.54) is 33.7 Å². The minimum absolute atomic E-state index is 0.303. The van der Waals surface area contributed by atoms with E-state index in [0.29, 0.717) is 0 Å². The van der Waals surface area contributed by atoms with E-state index in [-0.39, 0.29) is 5.57 Å². The van der Waals surface area contributed by atoms with Gasteiger partial charge < -0.3 is 10.2 Å². The summed E-state index contributed by atoms with van der Waals surface area (Å²) in [5, 5.41) is 16.1. The van der Waals surface area contributed by atoms with Crippen molar-refractivity contribution in [3.63, 3.8) is 0 Å². The Balaban J connectivity index is 0. The molecule has 0 spiro atoms. The molecule has 0 aliphatic rings. The van der Waals surface area contributed by atoms with E-state index in [1.54, 1.807) is 0 Å². The van der Waals surface area contributed by atoms with Crippen molar-refractivity contribution >= 4 is 11.9 Å². The molecule has 0 rings (SSSR count). The zero-order chi connectivity index (χ0) is 9.44. The van der Waals surface area contributed by atoms with Crippen molar-refractivity contribution in [2.24, 2.45) is 0 Å². The van der Waals surface area contributed by atoms with Crippen LogP contribution < -0.4 is 0 Å². The summed E-state index contributed by atoms with van der Waals surface area (Å²) in [5.41, 5.74) is -0.303. The van der Waals surface area contributed by atoms with Gasteiger partial charge in [0.15, 0.2) is 0 Å². The molecule has 11 heavy (non-hydrogen) atoms. The zero-order valence-electron chi connectivity index (χ0n) is 6.20. The van der Waals surface area contributed by atoms with Gasteiger partial charge in [0.25, 0.3) is 0 Å². The first-order chi connectivity index (χ1) is 5.04. The summed E-state index contributed by atoms with van der Waals surface area (Å²) in [4.78, 5) is 19.7. The van der Waals surface area contributed by atoms with Crippen LogP contribution in [-0.4, -0.2) is 22.2 Å². The van der Waals surface area contributed by atoms with Crippen molar-refractivity contribution in [3.05, 3.63) is 12.2 Å². The predicted molar refractivity (Wildman–Crippen MR) is 34.9 cm³/mol. The first-order valence-corrected chi connectivity index (χ1v) is 6.37. The maximum atomic E-state index is 9.87. The van der Waals surface area contributed by atoms with Gasteiger partial charge in [-0.3, -0.25) is 4.79 Å². The van der Waals surface area contributed by atoms with Crippen LogP contribution in [0.3, 0.4) is 0 Å². The Morgan fingerprint density at radius 1 is 1.36 bits per heavy atom. The fraction of sp³-hybridized carbons (Fsp3) is 0.333. The van der Waals surface area contributed by atoms with Gasteiger partial charge in [-0.15, -0.1) is 0 Å². The van der Waals surface area contributed by atoms with Crippen LogP contribution in [0.5, 0.6) is 0 Å². The van der Waals surface area contributed by atoms with Gasteiger partial charge in [0.1, 0.15) is 0 Å². The van der Waals surface area contributed by atoms with Crippen LogP contribution >= 0.6 is 0 Å². The van der Waals surface area contributed by atoms with Gasteiger partial charge in [0.2, 0.25) is 0 Å². The summed E-state index contributed by atoms with van der Waals surface area (Å²) in [6, 6.07) is 0. The SMILES string of the molecule is C=C(CC(=O)O)C(=O)O.[CH3][La]. The van der Waals surface area contributed by atoms with Crippen molar-refractivity contribution in [2.45, 2.75) is 9.75 Å². The second kappa shape index (κ2) is 7.98. The number of aliphatic carboxylic acids is 2. The van der Waals surface area contributed by atoms with Crippen LogP contribution in [0.15, 0.2) is 12.2 Å². The Kier molecular flexibility index (Phi) is 9.76. The second-order valence-electron chi connectivity index (χ2n) is 1.48.